The largest absolute Gasteiger partial charge is 0.480 e. The summed E-state index contributed by atoms with van der Waals surface area (Å²) in [5, 5.41) is 4.96. The molecule has 0 unspecified atom stereocenters. The van der Waals surface area contributed by atoms with Crippen LogP contribution in [-0.4, -0.2) is 34.3 Å². The zero-order valence-corrected chi connectivity index (χ0v) is 16.5. The first-order valence-electron chi connectivity index (χ1n) is 8.61. The number of aryl methyl sites for hydroxylation is 1. The van der Waals surface area contributed by atoms with E-state index in [1.807, 2.05) is 31.2 Å². The molecule has 0 radical (unpaired) electrons. The van der Waals surface area contributed by atoms with E-state index in [0.717, 1.165) is 31.8 Å². The number of aromatic nitrogens is 4. The van der Waals surface area contributed by atoms with Crippen LogP contribution in [0.15, 0.2) is 28.8 Å². The lowest BCUT2D eigenvalue weighted by molar-refractivity contribution is 0.177. The van der Waals surface area contributed by atoms with Crippen molar-refractivity contribution < 1.29 is 14.0 Å². The zero-order chi connectivity index (χ0) is 19.7. The Morgan fingerprint density at radius 3 is 2.57 bits per heavy atom. The molecule has 0 aliphatic carbocycles. The number of hydrogen-bond acceptors (Lipinski definition) is 9. The molecular formula is C19H19N5O3S. The van der Waals surface area contributed by atoms with Gasteiger partial charge in [0.15, 0.2) is 5.82 Å². The predicted molar refractivity (Wildman–Crippen MR) is 106 cm³/mol. The van der Waals surface area contributed by atoms with Crippen molar-refractivity contribution in [3.63, 3.8) is 0 Å². The van der Waals surface area contributed by atoms with Crippen molar-refractivity contribution in [3.8, 4) is 28.0 Å². The van der Waals surface area contributed by atoms with Crippen LogP contribution in [0.2, 0.25) is 0 Å². The fourth-order valence-electron chi connectivity index (χ4n) is 2.91. The highest BCUT2D eigenvalue weighted by Crippen LogP contribution is 2.40. The number of nitrogens with zero attached hydrogens (tertiary/aromatic N) is 4. The SMILES string of the molecule is COCc1nc(OC)c2c(C)c(-c3nc(-c4ccc(CN)cc4)no3)sc2n1. The van der Waals surface area contributed by atoms with Crippen LogP contribution < -0.4 is 10.5 Å². The fraction of sp³-hybridized carbons (Fsp3) is 0.263. The van der Waals surface area contributed by atoms with Gasteiger partial charge in [-0.1, -0.05) is 29.4 Å². The minimum Gasteiger partial charge on any atom is -0.480 e. The van der Waals surface area contributed by atoms with Crippen LogP contribution in [0, 0.1) is 6.92 Å². The highest BCUT2D eigenvalue weighted by Gasteiger charge is 2.22. The maximum Gasteiger partial charge on any atom is 0.268 e. The van der Waals surface area contributed by atoms with E-state index < -0.39 is 0 Å². The van der Waals surface area contributed by atoms with E-state index in [-0.39, 0.29) is 0 Å². The molecule has 0 fully saturated rings. The number of nitrogens with two attached hydrogens (primary N) is 1. The molecule has 4 rings (SSSR count). The van der Waals surface area contributed by atoms with Gasteiger partial charge in [-0.25, -0.2) is 4.98 Å². The molecule has 8 nitrogen and oxygen atoms in total. The van der Waals surface area contributed by atoms with Crippen LogP contribution in [-0.2, 0) is 17.9 Å². The minimum atomic E-state index is 0.308. The van der Waals surface area contributed by atoms with E-state index in [0.29, 0.717) is 36.6 Å². The Labute approximate surface area is 165 Å². The summed E-state index contributed by atoms with van der Waals surface area (Å²) < 4.78 is 16.1. The number of ether oxygens (including phenoxy) is 2. The molecular weight excluding hydrogens is 378 g/mol. The Balaban J connectivity index is 1.77. The van der Waals surface area contributed by atoms with E-state index in [1.165, 1.54) is 11.3 Å². The van der Waals surface area contributed by atoms with Crippen LogP contribution in [0.1, 0.15) is 17.0 Å². The zero-order valence-electron chi connectivity index (χ0n) is 15.7. The Morgan fingerprint density at radius 1 is 1.11 bits per heavy atom. The average molecular weight is 397 g/mol. The number of rotatable bonds is 6. The number of methoxy groups -OCH3 is 2. The van der Waals surface area contributed by atoms with Gasteiger partial charge in [-0.3, -0.25) is 0 Å². The van der Waals surface area contributed by atoms with Gasteiger partial charge in [0.2, 0.25) is 11.7 Å². The van der Waals surface area contributed by atoms with E-state index in [1.54, 1.807) is 14.2 Å². The summed E-state index contributed by atoms with van der Waals surface area (Å²) in [5.41, 5.74) is 8.50. The van der Waals surface area contributed by atoms with Crippen molar-refractivity contribution in [1.82, 2.24) is 20.1 Å². The third kappa shape index (κ3) is 3.24. The van der Waals surface area contributed by atoms with Crippen LogP contribution in [0.4, 0.5) is 0 Å². The first-order valence-corrected chi connectivity index (χ1v) is 9.42. The minimum absolute atomic E-state index is 0.308. The second kappa shape index (κ2) is 7.63. The van der Waals surface area contributed by atoms with E-state index in [9.17, 15) is 0 Å². The van der Waals surface area contributed by atoms with E-state index in [2.05, 4.69) is 20.1 Å². The second-order valence-electron chi connectivity index (χ2n) is 6.14. The van der Waals surface area contributed by atoms with Gasteiger partial charge < -0.3 is 19.7 Å². The average Bonchev–Trinajstić information content (AvgIpc) is 3.33. The van der Waals surface area contributed by atoms with Crippen molar-refractivity contribution in [2.75, 3.05) is 14.2 Å². The number of fused-ring (bicyclic) bond motifs is 1. The van der Waals surface area contributed by atoms with Gasteiger partial charge in [0.1, 0.15) is 11.4 Å². The van der Waals surface area contributed by atoms with Crippen LogP contribution in [0.3, 0.4) is 0 Å². The number of hydrogen-bond donors (Lipinski definition) is 1. The molecule has 0 aliphatic heterocycles. The third-order valence-corrected chi connectivity index (χ3v) is 5.51. The van der Waals surface area contributed by atoms with Crippen molar-refractivity contribution in [2.45, 2.75) is 20.1 Å². The van der Waals surface area contributed by atoms with Crippen LogP contribution in [0.25, 0.3) is 32.4 Å². The summed E-state index contributed by atoms with van der Waals surface area (Å²) in [6.45, 7) is 2.77. The summed E-state index contributed by atoms with van der Waals surface area (Å²) in [5.74, 6) is 2.03. The Morgan fingerprint density at radius 2 is 1.89 bits per heavy atom. The summed E-state index contributed by atoms with van der Waals surface area (Å²) in [6.07, 6.45) is 0. The summed E-state index contributed by atoms with van der Waals surface area (Å²) in [7, 11) is 3.19. The van der Waals surface area contributed by atoms with Gasteiger partial charge in [-0.15, -0.1) is 11.3 Å². The number of thiophene rings is 1. The molecule has 9 heteroatoms. The quantitative estimate of drug-likeness (QED) is 0.528. The number of benzene rings is 1. The van der Waals surface area contributed by atoms with Crippen molar-refractivity contribution >= 4 is 21.6 Å². The van der Waals surface area contributed by atoms with Gasteiger partial charge in [-0.05, 0) is 18.1 Å². The smallest absolute Gasteiger partial charge is 0.268 e. The van der Waals surface area contributed by atoms with Gasteiger partial charge in [0, 0.05) is 19.2 Å². The molecule has 3 aromatic heterocycles. The maximum absolute atomic E-state index is 5.65. The molecule has 2 N–H and O–H groups in total. The van der Waals surface area contributed by atoms with Gasteiger partial charge in [0.05, 0.1) is 17.4 Å². The molecule has 4 aromatic rings. The Bertz CT molecular complexity index is 1120. The third-order valence-electron chi connectivity index (χ3n) is 4.34. The first kappa shape index (κ1) is 18.5. The fourth-order valence-corrected chi connectivity index (χ4v) is 4.02. The molecule has 0 amide bonds. The van der Waals surface area contributed by atoms with E-state index in [4.69, 9.17) is 19.7 Å². The lowest BCUT2D eigenvalue weighted by Gasteiger charge is -2.04. The molecule has 0 spiro atoms. The lowest BCUT2D eigenvalue weighted by Crippen LogP contribution is -1.99. The molecule has 1 aromatic carbocycles. The van der Waals surface area contributed by atoms with Crippen molar-refractivity contribution in [3.05, 3.63) is 41.2 Å². The maximum atomic E-state index is 5.65. The van der Waals surface area contributed by atoms with Crippen molar-refractivity contribution in [2.24, 2.45) is 5.73 Å². The molecule has 28 heavy (non-hydrogen) atoms. The normalized spacial score (nSPS) is 11.3. The summed E-state index contributed by atoms with van der Waals surface area (Å²) >= 11 is 1.46. The molecule has 144 valence electrons. The summed E-state index contributed by atoms with van der Waals surface area (Å²) in [4.78, 5) is 15.2. The summed E-state index contributed by atoms with van der Waals surface area (Å²) in [6, 6.07) is 7.77. The van der Waals surface area contributed by atoms with Crippen molar-refractivity contribution in [1.29, 1.82) is 0 Å². The highest BCUT2D eigenvalue weighted by atomic mass is 32.1. The van der Waals surface area contributed by atoms with Gasteiger partial charge in [-0.2, -0.15) is 9.97 Å². The lowest BCUT2D eigenvalue weighted by atomic mass is 10.1. The second-order valence-corrected chi connectivity index (χ2v) is 7.14. The molecule has 3 heterocycles. The topological polar surface area (TPSA) is 109 Å². The van der Waals surface area contributed by atoms with Gasteiger partial charge >= 0.3 is 0 Å². The van der Waals surface area contributed by atoms with E-state index >= 15 is 0 Å². The Hall–Kier alpha value is -2.88. The van der Waals surface area contributed by atoms with Crippen LogP contribution >= 0.6 is 11.3 Å². The molecule has 0 bridgehead atoms. The first-order chi connectivity index (χ1) is 13.6. The van der Waals surface area contributed by atoms with Crippen LogP contribution in [0.5, 0.6) is 5.88 Å². The molecule has 0 aliphatic rings. The molecule has 0 saturated heterocycles. The molecule has 0 atom stereocenters. The molecule has 0 saturated carbocycles. The monoisotopic (exact) mass is 397 g/mol. The Kier molecular flexibility index (Phi) is 5.03. The predicted octanol–water partition coefficient (Wildman–Crippen LogP) is 3.33. The van der Waals surface area contributed by atoms with Gasteiger partial charge in [0.25, 0.3) is 5.89 Å². The standard InChI is InChI=1S/C19H19N5O3S/c1-10-14-17(26-3)21-13(9-25-2)22-19(14)28-15(10)18-23-16(24-27-18)12-6-4-11(8-20)5-7-12/h4-7H,8-9,20H2,1-3H3. The highest BCUT2D eigenvalue weighted by molar-refractivity contribution is 7.22.